The molecule has 2 heterocycles. The summed E-state index contributed by atoms with van der Waals surface area (Å²) in [7, 11) is 1.94. The summed E-state index contributed by atoms with van der Waals surface area (Å²) in [6, 6.07) is 4.33. The highest BCUT2D eigenvalue weighted by atomic mass is 16.3. The molecule has 1 fully saturated rings. The van der Waals surface area contributed by atoms with Crippen molar-refractivity contribution in [3.63, 3.8) is 0 Å². The highest BCUT2D eigenvalue weighted by Gasteiger charge is 2.24. The Morgan fingerprint density at radius 1 is 1.62 bits per heavy atom. The van der Waals surface area contributed by atoms with Crippen LogP contribution in [0.5, 0.6) is 0 Å². The van der Waals surface area contributed by atoms with Crippen LogP contribution < -0.4 is 10.2 Å². The molecule has 4 nitrogen and oxygen atoms in total. The Kier molecular flexibility index (Phi) is 3.41. The third kappa shape index (κ3) is 2.18. The predicted octanol–water partition coefficient (Wildman–Crippen LogP) is 0.933. The molecule has 0 saturated carbocycles. The van der Waals surface area contributed by atoms with Crippen molar-refractivity contribution in [2.24, 2.45) is 0 Å². The summed E-state index contributed by atoms with van der Waals surface area (Å²) in [5.74, 6) is 1.00. The van der Waals surface area contributed by atoms with Gasteiger partial charge in [-0.1, -0.05) is 6.07 Å². The molecule has 0 bridgehead atoms. The molecule has 2 unspecified atom stereocenters. The molecule has 1 aliphatic rings. The van der Waals surface area contributed by atoms with Crippen LogP contribution >= 0.6 is 0 Å². The van der Waals surface area contributed by atoms with Crippen LogP contribution in [0.4, 0.5) is 5.82 Å². The van der Waals surface area contributed by atoms with Crippen molar-refractivity contribution in [3.05, 3.63) is 23.9 Å². The first-order valence-electron chi connectivity index (χ1n) is 5.77. The van der Waals surface area contributed by atoms with Gasteiger partial charge in [-0.15, -0.1) is 0 Å². The van der Waals surface area contributed by atoms with Gasteiger partial charge < -0.3 is 15.3 Å². The number of aromatic nitrogens is 1. The van der Waals surface area contributed by atoms with Gasteiger partial charge in [0.1, 0.15) is 5.82 Å². The van der Waals surface area contributed by atoms with Crippen LogP contribution in [0.1, 0.15) is 24.9 Å². The summed E-state index contributed by atoms with van der Waals surface area (Å²) < 4.78 is 0. The van der Waals surface area contributed by atoms with Gasteiger partial charge in [0.25, 0.3) is 0 Å². The SMILES string of the molecule is CNC(C)c1cccnc1N1CCC(O)C1. The third-order valence-electron chi connectivity index (χ3n) is 3.18. The molecule has 0 spiro atoms. The van der Waals surface area contributed by atoms with Gasteiger partial charge in [0.2, 0.25) is 0 Å². The summed E-state index contributed by atoms with van der Waals surface area (Å²) in [5.41, 5.74) is 1.19. The monoisotopic (exact) mass is 221 g/mol. The van der Waals surface area contributed by atoms with Crippen LogP contribution in [0.25, 0.3) is 0 Å². The van der Waals surface area contributed by atoms with Crippen molar-refractivity contribution in [3.8, 4) is 0 Å². The summed E-state index contributed by atoms with van der Waals surface area (Å²) in [6.07, 6.45) is 2.44. The average Bonchev–Trinajstić information content (AvgIpc) is 2.75. The third-order valence-corrected chi connectivity index (χ3v) is 3.18. The minimum absolute atomic E-state index is 0.209. The van der Waals surface area contributed by atoms with E-state index in [1.165, 1.54) is 5.56 Å². The fraction of sp³-hybridized carbons (Fsp3) is 0.583. The van der Waals surface area contributed by atoms with E-state index in [2.05, 4.69) is 28.2 Å². The van der Waals surface area contributed by atoms with Gasteiger partial charge in [-0.3, -0.25) is 0 Å². The number of nitrogens with one attached hydrogen (secondary N) is 1. The number of rotatable bonds is 3. The maximum absolute atomic E-state index is 9.56. The zero-order valence-electron chi connectivity index (χ0n) is 9.85. The van der Waals surface area contributed by atoms with Gasteiger partial charge in [0, 0.05) is 30.9 Å². The second kappa shape index (κ2) is 4.80. The van der Waals surface area contributed by atoms with E-state index in [1.54, 1.807) is 0 Å². The molecule has 2 atom stereocenters. The number of hydrogen-bond acceptors (Lipinski definition) is 4. The molecule has 16 heavy (non-hydrogen) atoms. The molecule has 1 saturated heterocycles. The number of β-amino-alcohol motifs (C(OH)–C–C–N with tert-alkyl or cyclic N) is 1. The van der Waals surface area contributed by atoms with E-state index in [1.807, 2.05) is 19.3 Å². The van der Waals surface area contributed by atoms with E-state index in [9.17, 15) is 5.11 Å². The Morgan fingerprint density at radius 2 is 2.44 bits per heavy atom. The molecule has 0 radical (unpaired) electrons. The van der Waals surface area contributed by atoms with Crippen LogP contribution in [0, 0.1) is 0 Å². The van der Waals surface area contributed by atoms with Crippen molar-refractivity contribution in [1.29, 1.82) is 0 Å². The van der Waals surface area contributed by atoms with Crippen molar-refractivity contribution >= 4 is 5.82 Å². The first-order valence-corrected chi connectivity index (χ1v) is 5.77. The van der Waals surface area contributed by atoms with Crippen LogP contribution in [0.2, 0.25) is 0 Å². The highest BCUT2D eigenvalue weighted by molar-refractivity contribution is 5.49. The highest BCUT2D eigenvalue weighted by Crippen LogP contribution is 2.26. The first-order chi connectivity index (χ1) is 7.72. The fourth-order valence-electron chi connectivity index (χ4n) is 2.10. The molecule has 0 amide bonds. The van der Waals surface area contributed by atoms with Gasteiger partial charge in [0.05, 0.1) is 6.10 Å². The Balaban J connectivity index is 2.26. The van der Waals surface area contributed by atoms with Crippen LogP contribution in [0.3, 0.4) is 0 Å². The van der Waals surface area contributed by atoms with Gasteiger partial charge >= 0.3 is 0 Å². The number of hydrogen-bond donors (Lipinski definition) is 2. The minimum atomic E-state index is -0.209. The molecule has 0 aromatic carbocycles. The molecular formula is C12H19N3O. The van der Waals surface area contributed by atoms with E-state index < -0.39 is 0 Å². The van der Waals surface area contributed by atoms with E-state index in [0.29, 0.717) is 6.54 Å². The number of anilines is 1. The fourth-order valence-corrected chi connectivity index (χ4v) is 2.10. The van der Waals surface area contributed by atoms with Crippen LogP contribution in [-0.4, -0.2) is 36.3 Å². The zero-order chi connectivity index (χ0) is 11.5. The maximum Gasteiger partial charge on any atom is 0.133 e. The summed E-state index contributed by atoms with van der Waals surface area (Å²) in [6.45, 7) is 3.70. The van der Waals surface area contributed by atoms with E-state index >= 15 is 0 Å². The zero-order valence-corrected chi connectivity index (χ0v) is 9.85. The molecular weight excluding hydrogens is 202 g/mol. The summed E-state index contributed by atoms with van der Waals surface area (Å²) in [5, 5.41) is 12.8. The number of aliphatic hydroxyl groups is 1. The number of pyridine rings is 1. The molecule has 1 aromatic heterocycles. The predicted molar refractivity (Wildman–Crippen MR) is 64.5 cm³/mol. The quantitative estimate of drug-likeness (QED) is 0.797. The van der Waals surface area contributed by atoms with Crippen molar-refractivity contribution in [2.45, 2.75) is 25.5 Å². The van der Waals surface area contributed by atoms with Crippen LogP contribution in [-0.2, 0) is 0 Å². The lowest BCUT2D eigenvalue weighted by atomic mass is 10.1. The van der Waals surface area contributed by atoms with Gasteiger partial charge in [0.15, 0.2) is 0 Å². The molecule has 88 valence electrons. The lowest BCUT2D eigenvalue weighted by molar-refractivity contribution is 0.198. The Labute approximate surface area is 96.3 Å². The lowest BCUT2D eigenvalue weighted by Crippen LogP contribution is -2.25. The van der Waals surface area contributed by atoms with E-state index in [0.717, 1.165) is 18.8 Å². The Morgan fingerprint density at radius 3 is 3.06 bits per heavy atom. The smallest absolute Gasteiger partial charge is 0.133 e. The largest absolute Gasteiger partial charge is 0.391 e. The van der Waals surface area contributed by atoms with Gasteiger partial charge in [-0.25, -0.2) is 4.98 Å². The minimum Gasteiger partial charge on any atom is -0.391 e. The van der Waals surface area contributed by atoms with Gasteiger partial charge in [-0.05, 0) is 26.5 Å². The van der Waals surface area contributed by atoms with Crippen molar-refractivity contribution in [2.75, 3.05) is 25.0 Å². The number of nitrogens with zero attached hydrogens (tertiary/aromatic N) is 2. The van der Waals surface area contributed by atoms with Crippen LogP contribution in [0.15, 0.2) is 18.3 Å². The molecule has 0 aliphatic carbocycles. The topological polar surface area (TPSA) is 48.4 Å². The van der Waals surface area contributed by atoms with Crippen molar-refractivity contribution in [1.82, 2.24) is 10.3 Å². The molecule has 2 N–H and O–H groups in total. The first kappa shape index (κ1) is 11.4. The van der Waals surface area contributed by atoms with Gasteiger partial charge in [-0.2, -0.15) is 0 Å². The molecule has 4 heteroatoms. The average molecular weight is 221 g/mol. The second-order valence-corrected chi connectivity index (χ2v) is 4.32. The second-order valence-electron chi connectivity index (χ2n) is 4.32. The summed E-state index contributed by atoms with van der Waals surface area (Å²) >= 11 is 0. The Hall–Kier alpha value is -1.13. The van der Waals surface area contributed by atoms with Crippen molar-refractivity contribution < 1.29 is 5.11 Å². The maximum atomic E-state index is 9.56. The normalized spacial score (nSPS) is 22.4. The van der Waals surface area contributed by atoms with E-state index in [4.69, 9.17) is 0 Å². The number of aliphatic hydroxyl groups excluding tert-OH is 1. The standard InChI is InChI=1S/C12H19N3O/c1-9(13-2)11-4-3-6-14-12(11)15-7-5-10(16)8-15/h3-4,6,9-10,13,16H,5,7-8H2,1-2H3. The molecule has 1 aliphatic heterocycles. The molecule has 2 rings (SSSR count). The molecule has 1 aromatic rings. The Bertz CT molecular complexity index is 356. The lowest BCUT2D eigenvalue weighted by Gasteiger charge is -2.22. The van der Waals surface area contributed by atoms with E-state index in [-0.39, 0.29) is 12.1 Å². The summed E-state index contributed by atoms with van der Waals surface area (Å²) in [4.78, 5) is 6.60.